The van der Waals surface area contributed by atoms with E-state index in [2.05, 4.69) is 41.0 Å². The zero-order valence-electron chi connectivity index (χ0n) is 14.5. The molecule has 1 saturated carbocycles. The molecule has 1 heterocycles. The molecular formula is C20H30N2O. The Morgan fingerprint density at radius 1 is 1.04 bits per heavy atom. The highest BCUT2D eigenvalue weighted by atomic mass is 16.2. The molecule has 3 heteroatoms. The topological polar surface area (TPSA) is 23.6 Å². The first kappa shape index (κ1) is 16.4. The molecule has 126 valence electrons. The number of aryl methyl sites for hydroxylation is 1. The first-order valence-electron chi connectivity index (χ1n) is 9.32. The van der Waals surface area contributed by atoms with Crippen LogP contribution in [0.15, 0.2) is 24.3 Å². The smallest absolute Gasteiger partial charge is 0.222 e. The highest BCUT2D eigenvalue weighted by Gasteiger charge is 2.23. The molecule has 0 spiro atoms. The van der Waals surface area contributed by atoms with Crippen LogP contribution in [-0.4, -0.2) is 37.0 Å². The molecule has 2 fully saturated rings. The van der Waals surface area contributed by atoms with E-state index in [0.29, 0.717) is 5.91 Å². The molecule has 1 aromatic rings. The molecule has 0 atom stereocenters. The van der Waals surface area contributed by atoms with Gasteiger partial charge in [-0.15, -0.1) is 0 Å². The van der Waals surface area contributed by atoms with Crippen LogP contribution in [-0.2, 0) is 4.79 Å². The van der Waals surface area contributed by atoms with E-state index in [1.807, 2.05) is 0 Å². The van der Waals surface area contributed by atoms with Gasteiger partial charge in [-0.25, -0.2) is 0 Å². The number of piperazine rings is 1. The molecule has 1 aliphatic carbocycles. The third kappa shape index (κ3) is 4.27. The van der Waals surface area contributed by atoms with Crippen LogP contribution < -0.4 is 4.90 Å². The quantitative estimate of drug-likeness (QED) is 0.838. The number of carbonyl (C=O) groups is 1. The molecule has 1 aliphatic heterocycles. The summed E-state index contributed by atoms with van der Waals surface area (Å²) in [7, 11) is 0. The number of amides is 1. The Morgan fingerprint density at radius 3 is 2.43 bits per heavy atom. The van der Waals surface area contributed by atoms with Crippen LogP contribution in [0.3, 0.4) is 0 Å². The van der Waals surface area contributed by atoms with Crippen molar-refractivity contribution in [2.75, 3.05) is 31.1 Å². The molecule has 1 aromatic carbocycles. The Balaban J connectivity index is 1.45. The summed E-state index contributed by atoms with van der Waals surface area (Å²) in [5.41, 5.74) is 2.64. The van der Waals surface area contributed by atoms with E-state index < -0.39 is 0 Å². The molecule has 0 radical (unpaired) electrons. The second-order valence-corrected chi connectivity index (χ2v) is 7.20. The molecular weight excluding hydrogens is 284 g/mol. The van der Waals surface area contributed by atoms with Crippen LogP contribution in [0.5, 0.6) is 0 Å². The van der Waals surface area contributed by atoms with Crippen molar-refractivity contribution in [1.82, 2.24) is 4.90 Å². The van der Waals surface area contributed by atoms with E-state index in [-0.39, 0.29) is 0 Å². The van der Waals surface area contributed by atoms with Gasteiger partial charge >= 0.3 is 0 Å². The summed E-state index contributed by atoms with van der Waals surface area (Å²) in [4.78, 5) is 17.0. The molecule has 23 heavy (non-hydrogen) atoms. The minimum absolute atomic E-state index is 0.375. The minimum atomic E-state index is 0.375. The highest BCUT2D eigenvalue weighted by molar-refractivity contribution is 5.76. The van der Waals surface area contributed by atoms with Gasteiger partial charge < -0.3 is 9.80 Å². The molecule has 1 amide bonds. The number of hydrogen-bond donors (Lipinski definition) is 0. The van der Waals surface area contributed by atoms with Gasteiger partial charge in [-0.05, 0) is 30.9 Å². The van der Waals surface area contributed by atoms with Gasteiger partial charge in [0, 0.05) is 38.3 Å². The molecule has 1 saturated heterocycles. The van der Waals surface area contributed by atoms with E-state index in [9.17, 15) is 4.79 Å². The SMILES string of the molecule is Cc1ccccc1N1CCN(C(=O)CCC2CCCCC2)CC1. The summed E-state index contributed by atoms with van der Waals surface area (Å²) in [5.74, 6) is 1.18. The predicted molar refractivity (Wildman–Crippen MR) is 95.8 cm³/mol. The Hall–Kier alpha value is -1.51. The number of benzene rings is 1. The number of carbonyl (C=O) groups excluding carboxylic acids is 1. The summed E-state index contributed by atoms with van der Waals surface area (Å²) < 4.78 is 0. The van der Waals surface area contributed by atoms with E-state index in [4.69, 9.17) is 0 Å². The fourth-order valence-electron chi connectivity index (χ4n) is 4.08. The third-order valence-corrected chi connectivity index (χ3v) is 5.58. The lowest BCUT2D eigenvalue weighted by Gasteiger charge is -2.37. The number of hydrogen-bond acceptors (Lipinski definition) is 2. The fraction of sp³-hybridized carbons (Fsp3) is 0.650. The van der Waals surface area contributed by atoms with Crippen molar-refractivity contribution in [1.29, 1.82) is 0 Å². The largest absolute Gasteiger partial charge is 0.368 e. The maximum atomic E-state index is 12.5. The molecule has 2 aliphatic rings. The monoisotopic (exact) mass is 314 g/mol. The van der Waals surface area contributed by atoms with Crippen LogP contribution in [0, 0.1) is 12.8 Å². The number of nitrogens with zero attached hydrogens (tertiary/aromatic N) is 2. The van der Waals surface area contributed by atoms with Crippen molar-refractivity contribution >= 4 is 11.6 Å². The molecule has 0 bridgehead atoms. The van der Waals surface area contributed by atoms with Crippen molar-refractivity contribution in [3.05, 3.63) is 29.8 Å². The van der Waals surface area contributed by atoms with Crippen molar-refractivity contribution in [3.63, 3.8) is 0 Å². The zero-order chi connectivity index (χ0) is 16.1. The Bertz CT molecular complexity index is 514. The van der Waals surface area contributed by atoms with E-state index in [1.54, 1.807) is 0 Å². The summed E-state index contributed by atoms with van der Waals surface area (Å²) in [6.45, 7) is 5.83. The van der Waals surface area contributed by atoms with Gasteiger partial charge in [0.2, 0.25) is 5.91 Å². The third-order valence-electron chi connectivity index (χ3n) is 5.58. The summed E-state index contributed by atoms with van der Waals surface area (Å²) in [6.07, 6.45) is 8.68. The number of anilines is 1. The van der Waals surface area contributed by atoms with Crippen LogP contribution in [0.1, 0.15) is 50.5 Å². The van der Waals surface area contributed by atoms with E-state index in [0.717, 1.165) is 44.9 Å². The average Bonchev–Trinajstić information content (AvgIpc) is 2.61. The Kier molecular flexibility index (Phi) is 5.58. The molecule has 0 unspecified atom stereocenters. The molecule has 3 nitrogen and oxygen atoms in total. The molecule has 3 rings (SSSR count). The number of para-hydroxylation sites is 1. The number of rotatable bonds is 4. The summed E-state index contributed by atoms with van der Waals surface area (Å²) in [6, 6.07) is 8.54. The molecule has 0 aromatic heterocycles. The van der Waals surface area contributed by atoms with Crippen molar-refractivity contribution in [3.8, 4) is 0 Å². The lowest BCUT2D eigenvalue weighted by atomic mass is 9.86. The van der Waals surface area contributed by atoms with Crippen molar-refractivity contribution < 1.29 is 4.79 Å². The van der Waals surface area contributed by atoms with Crippen LogP contribution >= 0.6 is 0 Å². The van der Waals surface area contributed by atoms with Gasteiger partial charge in [-0.3, -0.25) is 4.79 Å². The minimum Gasteiger partial charge on any atom is -0.368 e. The van der Waals surface area contributed by atoms with Gasteiger partial charge in [0.05, 0.1) is 0 Å². The van der Waals surface area contributed by atoms with Crippen molar-refractivity contribution in [2.45, 2.75) is 51.9 Å². The van der Waals surface area contributed by atoms with Gasteiger partial charge in [0.15, 0.2) is 0 Å². The normalized spacial score (nSPS) is 19.9. The van der Waals surface area contributed by atoms with E-state index >= 15 is 0 Å². The van der Waals surface area contributed by atoms with Gasteiger partial charge in [-0.2, -0.15) is 0 Å². The van der Waals surface area contributed by atoms with Crippen LogP contribution in [0.25, 0.3) is 0 Å². The lowest BCUT2D eigenvalue weighted by molar-refractivity contribution is -0.131. The lowest BCUT2D eigenvalue weighted by Crippen LogP contribution is -2.49. The average molecular weight is 314 g/mol. The fourth-order valence-corrected chi connectivity index (χ4v) is 4.08. The van der Waals surface area contributed by atoms with Crippen LogP contribution in [0.4, 0.5) is 5.69 Å². The highest BCUT2D eigenvalue weighted by Crippen LogP contribution is 2.27. The second kappa shape index (κ2) is 7.85. The summed E-state index contributed by atoms with van der Waals surface area (Å²) >= 11 is 0. The first-order chi connectivity index (χ1) is 11.2. The zero-order valence-corrected chi connectivity index (χ0v) is 14.5. The standard InChI is InChI=1S/C20H30N2O/c1-17-7-5-6-10-19(17)21-13-15-22(16-14-21)20(23)12-11-18-8-3-2-4-9-18/h5-7,10,18H,2-4,8-9,11-16H2,1H3. The van der Waals surface area contributed by atoms with Gasteiger partial charge in [0.25, 0.3) is 0 Å². The maximum Gasteiger partial charge on any atom is 0.222 e. The van der Waals surface area contributed by atoms with Crippen molar-refractivity contribution in [2.24, 2.45) is 5.92 Å². The second-order valence-electron chi connectivity index (χ2n) is 7.20. The van der Waals surface area contributed by atoms with Crippen LogP contribution in [0.2, 0.25) is 0 Å². The molecule has 0 N–H and O–H groups in total. The predicted octanol–water partition coefficient (Wildman–Crippen LogP) is 4.00. The Labute approximate surface area is 140 Å². The first-order valence-corrected chi connectivity index (χ1v) is 9.32. The van der Waals surface area contributed by atoms with Gasteiger partial charge in [-0.1, -0.05) is 50.3 Å². The summed E-state index contributed by atoms with van der Waals surface area (Å²) in [5, 5.41) is 0. The van der Waals surface area contributed by atoms with Gasteiger partial charge in [0.1, 0.15) is 0 Å². The Morgan fingerprint density at radius 2 is 1.74 bits per heavy atom. The van der Waals surface area contributed by atoms with E-state index in [1.165, 1.54) is 43.4 Å². The maximum absolute atomic E-state index is 12.5.